The fourth-order valence-electron chi connectivity index (χ4n) is 1.67. The molecule has 1 amide bonds. The summed E-state index contributed by atoms with van der Waals surface area (Å²) < 4.78 is 26.6. The van der Waals surface area contributed by atoms with Crippen molar-refractivity contribution in [3.05, 3.63) is 63.6 Å². The predicted molar refractivity (Wildman–Crippen MR) is 67.1 cm³/mol. The lowest BCUT2D eigenvalue weighted by Gasteiger charge is -2.14. The molecule has 0 radical (unpaired) electrons. The van der Waals surface area contributed by atoms with Gasteiger partial charge in [0.15, 0.2) is 0 Å². The maximum absolute atomic E-state index is 13.5. The topological polar surface area (TPSA) is 74.8 Å². The molecule has 0 bridgehead atoms. The molecular weight excluding hydrogens is 268 g/mol. The van der Waals surface area contributed by atoms with Gasteiger partial charge in [-0.25, -0.2) is 13.9 Å². The average molecular weight is 279 g/mol. The standard InChI is InChI=1S/C13H11F2N3O2/c1-7(9-6-8(14)2-3-10(9)15)16-13(20)11-4-5-12(19)18-17-11/h2-7H,1H3,(H,16,20)(H,18,19)/t7-/m0/s1. The van der Waals surface area contributed by atoms with Crippen LogP contribution in [0.15, 0.2) is 35.1 Å². The summed E-state index contributed by atoms with van der Waals surface area (Å²) in [5.74, 6) is -1.81. The molecule has 0 saturated carbocycles. The van der Waals surface area contributed by atoms with Gasteiger partial charge in [-0.2, -0.15) is 5.10 Å². The molecule has 104 valence electrons. The minimum Gasteiger partial charge on any atom is -0.344 e. The molecule has 5 nitrogen and oxygen atoms in total. The Kier molecular flexibility index (Phi) is 3.88. The van der Waals surface area contributed by atoms with E-state index in [1.165, 1.54) is 13.0 Å². The Morgan fingerprint density at radius 3 is 2.70 bits per heavy atom. The second kappa shape index (κ2) is 5.60. The molecule has 0 unspecified atom stereocenters. The van der Waals surface area contributed by atoms with Gasteiger partial charge in [0, 0.05) is 11.6 Å². The Morgan fingerprint density at radius 2 is 2.05 bits per heavy atom. The minimum absolute atomic E-state index is 0.0201. The number of aromatic amines is 1. The minimum atomic E-state index is -0.744. The number of halogens is 2. The quantitative estimate of drug-likeness (QED) is 0.895. The van der Waals surface area contributed by atoms with Crippen LogP contribution >= 0.6 is 0 Å². The molecule has 0 aliphatic carbocycles. The Balaban J connectivity index is 2.16. The van der Waals surface area contributed by atoms with Gasteiger partial charge in [0.25, 0.3) is 11.5 Å². The molecule has 2 N–H and O–H groups in total. The fourth-order valence-corrected chi connectivity index (χ4v) is 1.67. The molecule has 1 heterocycles. The molecule has 7 heteroatoms. The van der Waals surface area contributed by atoms with Crippen molar-refractivity contribution in [3.8, 4) is 0 Å². The summed E-state index contributed by atoms with van der Waals surface area (Å²) in [6, 6.07) is 4.65. The SMILES string of the molecule is C[C@H](NC(=O)c1ccc(=O)[nH]n1)c1cc(F)ccc1F. The van der Waals surface area contributed by atoms with Crippen molar-refractivity contribution in [1.82, 2.24) is 15.5 Å². The van der Waals surface area contributed by atoms with Crippen LogP contribution in [-0.4, -0.2) is 16.1 Å². The van der Waals surface area contributed by atoms with Gasteiger partial charge in [-0.05, 0) is 31.2 Å². The zero-order valence-corrected chi connectivity index (χ0v) is 10.5. The molecule has 1 aromatic carbocycles. The average Bonchev–Trinajstić information content (AvgIpc) is 2.42. The first-order valence-corrected chi connectivity index (χ1v) is 5.79. The fraction of sp³-hybridized carbons (Fsp3) is 0.154. The van der Waals surface area contributed by atoms with Crippen molar-refractivity contribution in [3.63, 3.8) is 0 Å². The van der Waals surface area contributed by atoms with Crippen LogP contribution in [0.2, 0.25) is 0 Å². The number of carbonyl (C=O) groups is 1. The number of nitrogens with one attached hydrogen (secondary N) is 2. The first kappa shape index (κ1) is 13.9. The monoisotopic (exact) mass is 279 g/mol. The second-order valence-electron chi connectivity index (χ2n) is 4.17. The van der Waals surface area contributed by atoms with Crippen LogP contribution < -0.4 is 10.9 Å². The Bertz CT molecular complexity index is 680. The van der Waals surface area contributed by atoms with Crippen molar-refractivity contribution in [2.75, 3.05) is 0 Å². The van der Waals surface area contributed by atoms with Gasteiger partial charge in [-0.1, -0.05) is 0 Å². The number of hydrogen-bond donors (Lipinski definition) is 2. The molecule has 0 spiro atoms. The van der Waals surface area contributed by atoms with E-state index in [9.17, 15) is 18.4 Å². The Labute approximate surface area is 112 Å². The highest BCUT2D eigenvalue weighted by atomic mass is 19.1. The number of nitrogens with zero attached hydrogens (tertiary/aromatic N) is 1. The van der Waals surface area contributed by atoms with E-state index in [1.54, 1.807) is 0 Å². The molecule has 1 atom stereocenters. The summed E-state index contributed by atoms with van der Waals surface area (Å²) in [6.07, 6.45) is 0. The third-order valence-corrected chi connectivity index (χ3v) is 2.68. The first-order chi connectivity index (χ1) is 9.47. The van der Waals surface area contributed by atoms with E-state index < -0.39 is 29.1 Å². The van der Waals surface area contributed by atoms with Crippen LogP contribution in [0.3, 0.4) is 0 Å². The van der Waals surface area contributed by atoms with Gasteiger partial charge >= 0.3 is 0 Å². The molecule has 2 rings (SSSR count). The van der Waals surface area contributed by atoms with Crippen molar-refractivity contribution in [2.45, 2.75) is 13.0 Å². The van der Waals surface area contributed by atoms with E-state index in [2.05, 4.69) is 15.5 Å². The summed E-state index contributed by atoms with van der Waals surface area (Å²) in [6.45, 7) is 1.52. The van der Waals surface area contributed by atoms with Gasteiger partial charge < -0.3 is 5.32 Å². The number of carbonyl (C=O) groups excluding carboxylic acids is 1. The molecule has 0 fully saturated rings. The lowest BCUT2D eigenvalue weighted by Crippen LogP contribution is -2.29. The lowest BCUT2D eigenvalue weighted by atomic mass is 10.1. The number of benzene rings is 1. The zero-order chi connectivity index (χ0) is 14.7. The maximum atomic E-state index is 13.5. The maximum Gasteiger partial charge on any atom is 0.272 e. The highest BCUT2D eigenvalue weighted by Crippen LogP contribution is 2.18. The van der Waals surface area contributed by atoms with Gasteiger partial charge in [-0.15, -0.1) is 0 Å². The summed E-state index contributed by atoms with van der Waals surface area (Å²) >= 11 is 0. The molecule has 1 aromatic heterocycles. The van der Waals surface area contributed by atoms with Crippen LogP contribution in [0.1, 0.15) is 29.0 Å². The largest absolute Gasteiger partial charge is 0.344 e. The lowest BCUT2D eigenvalue weighted by molar-refractivity contribution is 0.0933. The van der Waals surface area contributed by atoms with Crippen molar-refractivity contribution in [2.24, 2.45) is 0 Å². The molecule has 20 heavy (non-hydrogen) atoms. The first-order valence-electron chi connectivity index (χ1n) is 5.79. The van der Waals surface area contributed by atoms with Crippen molar-refractivity contribution in [1.29, 1.82) is 0 Å². The highest BCUT2D eigenvalue weighted by molar-refractivity contribution is 5.92. The number of amides is 1. The van der Waals surface area contributed by atoms with E-state index in [0.29, 0.717) is 0 Å². The predicted octanol–water partition coefficient (Wildman–Crippen LogP) is 1.54. The molecule has 0 aliphatic rings. The van der Waals surface area contributed by atoms with Crippen LogP contribution in [-0.2, 0) is 0 Å². The van der Waals surface area contributed by atoms with Gasteiger partial charge in [-0.3, -0.25) is 9.59 Å². The number of aromatic nitrogens is 2. The Hall–Kier alpha value is -2.57. The van der Waals surface area contributed by atoms with Crippen LogP contribution in [0, 0.1) is 11.6 Å². The number of hydrogen-bond acceptors (Lipinski definition) is 3. The van der Waals surface area contributed by atoms with E-state index in [0.717, 1.165) is 24.3 Å². The van der Waals surface area contributed by atoms with E-state index in [4.69, 9.17) is 0 Å². The van der Waals surface area contributed by atoms with Crippen LogP contribution in [0.25, 0.3) is 0 Å². The van der Waals surface area contributed by atoms with Gasteiger partial charge in [0.2, 0.25) is 0 Å². The second-order valence-corrected chi connectivity index (χ2v) is 4.17. The van der Waals surface area contributed by atoms with E-state index in [1.807, 2.05) is 0 Å². The summed E-state index contributed by atoms with van der Waals surface area (Å²) in [5, 5.41) is 8.13. The third kappa shape index (κ3) is 3.05. The van der Waals surface area contributed by atoms with Crippen molar-refractivity contribution < 1.29 is 13.6 Å². The summed E-state index contributed by atoms with van der Waals surface area (Å²) in [7, 11) is 0. The number of rotatable bonds is 3. The normalized spacial score (nSPS) is 11.9. The van der Waals surface area contributed by atoms with Gasteiger partial charge in [0.05, 0.1) is 6.04 Å². The molecule has 0 saturated heterocycles. The Morgan fingerprint density at radius 1 is 1.30 bits per heavy atom. The zero-order valence-electron chi connectivity index (χ0n) is 10.5. The third-order valence-electron chi connectivity index (χ3n) is 2.68. The molecule has 2 aromatic rings. The molecular formula is C13H11F2N3O2. The van der Waals surface area contributed by atoms with Gasteiger partial charge in [0.1, 0.15) is 17.3 Å². The summed E-state index contributed by atoms with van der Waals surface area (Å²) in [4.78, 5) is 22.7. The van der Waals surface area contributed by atoms with E-state index >= 15 is 0 Å². The van der Waals surface area contributed by atoms with E-state index in [-0.39, 0.29) is 11.3 Å². The highest BCUT2D eigenvalue weighted by Gasteiger charge is 2.16. The van der Waals surface area contributed by atoms with Crippen molar-refractivity contribution >= 4 is 5.91 Å². The summed E-state index contributed by atoms with van der Waals surface area (Å²) in [5.41, 5.74) is -0.429. The molecule has 0 aliphatic heterocycles. The van der Waals surface area contributed by atoms with Crippen LogP contribution in [0.4, 0.5) is 8.78 Å². The smallest absolute Gasteiger partial charge is 0.272 e. The number of H-pyrrole nitrogens is 1. The van der Waals surface area contributed by atoms with Crippen LogP contribution in [0.5, 0.6) is 0 Å².